The molecule has 3 aromatic carbocycles. The van der Waals surface area contributed by atoms with Gasteiger partial charge in [0.2, 0.25) is 5.69 Å². The van der Waals surface area contributed by atoms with Crippen LogP contribution in [0.4, 0.5) is 8.78 Å². The van der Waals surface area contributed by atoms with Gasteiger partial charge in [-0.25, -0.2) is 13.3 Å². The number of hydrogen-bond acceptors (Lipinski definition) is 1. The minimum atomic E-state index is -0.306. The Morgan fingerprint density at radius 3 is 2.10 bits per heavy atom. The Hall–Kier alpha value is -3.53. The molecule has 2 fully saturated rings. The van der Waals surface area contributed by atoms with Crippen LogP contribution in [0.1, 0.15) is 74.8 Å². The number of halogens is 2. The van der Waals surface area contributed by atoms with E-state index in [4.69, 9.17) is 4.42 Å². The van der Waals surface area contributed by atoms with E-state index in [0.717, 1.165) is 45.0 Å². The first-order valence-corrected chi connectivity index (χ1v) is 15.4. The van der Waals surface area contributed by atoms with E-state index in [1.807, 2.05) is 30.7 Å². The zero-order valence-corrected chi connectivity index (χ0v) is 24.1. The van der Waals surface area contributed by atoms with Gasteiger partial charge in [-0.05, 0) is 79.2 Å². The molecule has 210 valence electrons. The Balaban J connectivity index is 1.23. The first-order chi connectivity index (χ1) is 20.0. The van der Waals surface area contributed by atoms with Gasteiger partial charge in [-0.15, -0.1) is 0 Å². The van der Waals surface area contributed by atoms with E-state index in [1.165, 1.54) is 81.5 Å². The Labute approximate surface area is 241 Å². The van der Waals surface area contributed by atoms with Crippen molar-refractivity contribution in [3.63, 3.8) is 0 Å². The monoisotopic (exact) mass is 550 g/mol. The standard InChI is InChI=1S/C37H38F2NO/c1-23-8-17-30-31-18-19-32(39)35(37(31)41-36(30)34(23)33-22-29(38)20-21-40(33)2)28-15-13-27(14-16-28)26-11-9-25(10-12-26)24-6-4-3-5-7-24/h8,13-22,24-26H,3-7,9-12H2,1-2H3/q+1. The van der Waals surface area contributed by atoms with Gasteiger partial charge in [0, 0.05) is 22.9 Å². The van der Waals surface area contributed by atoms with Crippen molar-refractivity contribution in [3.8, 4) is 22.4 Å². The summed E-state index contributed by atoms with van der Waals surface area (Å²) in [7, 11) is 1.89. The predicted molar refractivity (Wildman–Crippen MR) is 162 cm³/mol. The maximum absolute atomic E-state index is 15.5. The van der Waals surface area contributed by atoms with Gasteiger partial charge in [0.15, 0.2) is 6.20 Å². The SMILES string of the molecule is Cc1ccc2c(oc3c(-c4ccc(C5CCC(C6CCCCC6)CC5)cc4)c(F)ccc32)c1-c1cc(F)cc[n+]1C. The topological polar surface area (TPSA) is 17.0 Å². The number of aryl methyl sites for hydroxylation is 2. The van der Waals surface area contributed by atoms with E-state index in [0.29, 0.717) is 22.6 Å². The summed E-state index contributed by atoms with van der Waals surface area (Å²) in [6.07, 6.45) is 14.0. The Bertz CT molecular complexity index is 1720. The van der Waals surface area contributed by atoms with Crippen molar-refractivity contribution in [1.82, 2.24) is 0 Å². The van der Waals surface area contributed by atoms with Gasteiger partial charge in [0.05, 0.1) is 11.1 Å². The van der Waals surface area contributed by atoms with Crippen LogP contribution < -0.4 is 4.57 Å². The largest absolute Gasteiger partial charge is 0.454 e. The summed E-state index contributed by atoms with van der Waals surface area (Å²) < 4.78 is 38.2. The van der Waals surface area contributed by atoms with Crippen molar-refractivity contribution in [2.45, 2.75) is 70.6 Å². The molecule has 2 saturated carbocycles. The molecule has 0 radical (unpaired) electrons. The maximum atomic E-state index is 15.5. The zero-order valence-electron chi connectivity index (χ0n) is 24.1. The molecule has 41 heavy (non-hydrogen) atoms. The average molecular weight is 551 g/mol. The molecule has 4 heteroatoms. The van der Waals surface area contributed by atoms with Crippen LogP contribution in [0.5, 0.6) is 0 Å². The lowest BCUT2D eigenvalue weighted by Gasteiger charge is -2.36. The Morgan fingerprint density at radius 1 is 0.707 bits per heavy atom. The number of aromatic nitrogens is 1. The molecule has 2 aromatic heterocycles. The molecule has 0 bridgehead atoms. The molecule has 0 amide bonds. The van der Waals surface area contributed by atoms with Crippen LogP contribution in [0.15, 0.2) is 71.3 Å². The second-order valence-electron chi connectivity index (χ2n) is 12.5. The second-order valence-corrected chi connectivity index (χ2v) is 12.5. The number of rotatable bonds is 4. The van der Waals surface area contributed by atoms with E-state index in [1.54, 1.807) is 12.3 Å². The van der Waals surface area contributed by atoms with Gasteiger partial charge in [-0.1, -0.05) is 68.5 Å². The van der Waals surface area contributed by atoms with Crippen molar-refractivity contribution in [1.29, 1.82) is 0 Å². The number of pyridine rings is 1. The number of hydrogen-bond donors (Lipinski definition) is 0. The lowest BCUT2D eigenvalue weighted by molar-refractivity contribution is -0.660. The summed E-state index contributed by atoms with van der Waals surface area (Å²) in [4.78, 5) is 0. The van der Waals surface area contributed by atoms with E-state index >= 15 is 4.39 Å². The quantitative estimate of drug-likeness (QED) is 0.203. The highest BCUT2D eigenvalue weighted by atomic mass is 19.1. The molecule has 0 saturated heterocycles. The van der Waals surface area contributed by atoms with Crippen LogP contribution >= 0.6 is 0 Å². The zero-order chi connectivity index (χ0) is 28.1. The molecular weight excluding hydrogens is 512 g/mol. The first-order valence-electron chi connectivity index (χ1n) is 15.4. The fourth-order valence-corrected chi connectivity index (χ4v) is 7.81. The molecule has 5 aromatic rings. The van der Waals surface area contributed by atoms with Crippen molar-refractivity contribution in [2.24, 2.45) is 18.9 Å². The smallest absolute Gasteiger partial charge is 0.219 e. The number of nitrogens with zero attached hydrogens (tertiary/aromatic N) is 1. The third-order valence-corrected chi connectivity index (χ3v) is 10.1. The molecule has 0 spiro atoms. The predicted octanol–water partition coefficient (Wildman–Crippen LogP) is 10.2. The summed E-state index contributed by atoms with van der Waals surface area (Å²) in [5.74, 6) is 1.85. The molecule has 2 nitrogen and oxygen atoms in total. The van der Waals surface area contributed by atoms with Crippen molar-refractivity contribution >= 4 is 21.9 Å². The fraction of sp³-hybridized carbons (Fsp3) is 0.378. The van der Waals surface area contributed by atoms with Gasteiger partial charge in [0.25, 0.3) is 0 Å². The molecule has 0 atom stereocenters. The van der Waals surface area contributed by atoms with E-state index < -0.39 is 0 Å². The highest BCUT2D eigenvalue weighted by Crippen LogP contribution is 2.44. The van der Waals surface area contributed by atoms with Gasteiger partial charge in [-0.2, -0.15) is 0 Å². The third kappa shape index (κ3) is 4.75. The van der Waals surface area contributed by atoms with Gasteiger partial charge in [-0.3, -0.25) is 0 Å². The van der Waals surface area contributed by atoms with Crippen LogP contribution in [0.2, 0.25) is 0 Å². The Morgan fingerprint density at radius 2 is 1.37 bits per heavy atom. The lowest BCUT2D eigenvalue weighted by Crippen LogP contribution is -2.30. The Kier molecular flexibility index (Phi) is 6.89. The molecule has 0 aliphatic heterocycles. The molecule has 2 aliphatic carbocycles. The summed E-state index contributed by atoms with van der Waals surface area (Å²) in [6.45, 7) is 2.00. The highest BCUT2D eigenvalue weighted by molar-refractivity contribution is 6.13. The molecular formula is C37H38F2NO+. The number of benzene rings is 3. The lowest BCUT2D eigenvalue weighted by atomic mass is 9.70. The molecule has 2 heterocycles. The van der Waals surface area contributed by atoms with Crippen molar-refractivity contribution in [2.75, 3.05) is 0 Å². The van der Waals surface area contributed by atoms with Crippen LogP contribution in [-0.2, 0) is 7.05 Å². The summed E-state index contributed by atoms with van der Waals surface area (Å²) >= 11 is 0. The number of furan rings is 1. The van der Waals surface area contributed by atoms with Crippen LogP contribution in [0.25, 0.3) is 44.3 Å². The first kappa shape index (κ1) is 26.4. The minimum Gasteiger partial charge on any atom is -0.454 e. The van der Waals surface area contributed by atoms with Crippen LogP contribution in [0.3, 0.4) is 0 Å². The van der Waals surface area contributed by atoms with Gasteiger partial charge < -0.3 is 4.42 Å². The summed E-state index contributed by atoms with van der Waals surface area (Å²) in [6, 6.07) is 18.9. The van der Waals surface area contributed by atoms with Gasteiger partial charge >= 0.3 is 0 Å². The molecule has 0 N–H and O–H groups in total. The third-order valence-electron chi connectivity index (χ3n) is 10.1. The average Bonchev–Trinajstić information content (AvgIpc) is 3.37. The summed E-state index contributed by atoms with van der Waals surface area (Å²) in [5.41, 5.74) is 6.38. The van der Waals surface area contributed by atoms with E-state index in [9.17, 15) is 4.39 Å². The fourth-order valence-electron chi connectivity index (χ4n) is 7.81. The van der Waals surface area contributed by atoms with Crippen molar-refractivity contribution < 1.29 is 17.8 Å². The van der Waals surface area contributed by atoms with Gasteiger partial charge in [0.1, 0.15) is 29.8 Å². The van der Waals surface area contributed by atoms with E-state index in [2.05, 4.69) is 24.3 Å². The van der Waals surface area contributed by atoms with Crippen LogP contribution in [-0.4, -0.2) is 0 Å². The summed E-state index contributed by atoms with van der Waals surface area (Å²) in [5, 5.41) is 1.76. The molecule has 0 unspecified atom stereocenters. The second kappa shape index (κ2) is 10.7. The number of fused-ring (bicyclic) bond motifs is 3. The molecule has 7 rings (SSSR count). The van der Waals surface area contributed by atoms with Crippen LogP contribution in [0, 0.1) is 30.4 Å². The minimum absolute atomic E-state index is 0.299. The normalized spacial score (nSPS) is 20.2. The van der Waals surface area contributed by atoms with Crippen molar-refractivity contribution in [3.05, 3.63) is 89.6 Å². The molecule has 2 aliphatic rings. The maximum Gasteiger partial charge on any atom is 0.219 e. The van der Waals surface area contributed by atoms with E-state index in [-0.39, 0.29) is 11.6 Å². The highest BCUT2D eigenvalue weighted by Gasteiger charge is 2.29.